The molecule has 1 aromatic rings. The van der Waals surface area contributed by atoms with Crippen molar-refractivity contribution in [1.82, 2.24) is 10.2 Å². The molecule has 0 saturated carbocycles. The maximum atomic E-state index is 13.7. The molecule has 0 unspecified atom stereocenters. The van der Waals surface area contributed by atoms with Gasteiger partial charge in [0.2, 0.25) is 5.91 Å². The Morgan fingerprint density at radius 1 is 1.12 bits per heavy atom. The lowest BCUT2D eigenvalue weighted by Gasteiger charge is -2.40. The highest BCUT2D eigenvalue weighted by Crippen LogP contribution is 2.41. The second kappa shape index (κ2) is 8.47. The van der Waals surface area contributed by atoms with Gasteiger partial charge in [-0.05, 0) is 62.2 Å². The van der Waals surface area contributed by atoms with Gasteiger partial charge in [-0.1, -0.05) is 29.8 Å². The van der Waals surface area contributed by atoms with E-state index in [1.807, 2.05) is 24.3 Å². The quantitative estimate of drug-likeness (QED) is 0.830. The van der Waals surface area contributed by atoms with Gasteiger partial charge in [0.15, 0.2) is 0 Å². The van der Waals surface area contributed by atoms with Crippen LogP contribution in [0.15, 0.2) is 24.3 Å². The molecule has 4 nitrogen and oxygen atoms in total. The molecular formula is C20H28Cl2N2O2. The molecule has 3 heterocycles. The minimum Gasteiger partial charge on any atom is -0.381 e. The second-order valence-electron chi connectivity index (χ2n) is 7.72. The number of nitrogens with zero attached hydrogens (tertiary/aromatic N) is 1. The summed E-state index contributed by atoms with van der Waals surface area (Å²) in [5, 5.41) is 4.21. The van der Waals surface area contributed by atoms with Gasteiger partial charge >= 0.3 is 0 Å². The third-order valence-electron chi connectivity index (χ3n) is 6.45. The molecule has 0 radical (unpaired) electrons. The summed E-state index contributed by atoms with van der Waals surface area (Å²) in [6.45, 7) is 5.20. The molecule has 3 fully saturated rings. The van der Waals surface area contributed by atoms with Crippen LogP contribution in [0, 0.1) is 11.8 Å². The van der Waals surface area contributed by atoms with Crippen LogP contribution >= 0.6 is 24.0 Å². The van der Waals surface area contributed by atoms with E-state index >= 15 is 0 Å². The average molecular weight is 399 g/mol. The van der Waals surface area contributed by atoms with Crippen molar-refractivity contribution in [3.8, 4) is 0 Å². The van der Waals surface area contributed by atoms with Gasteiger partial charge < -0.3 is 15.0 Å². The Kier molecular flexibility index (Phi) is 6.50. The summed E-state index contributed by atoms with van der Waals surface area (Å²) in [5.74, 6) is 1.71. The topological polar surface area (TPSA) is 41.6 Å². The van der Waals surface area contributed by atoms with Crippen molar-refractivity contribution in [1.29, 1.82) is 0 Å². The average Bonchev–Trinajstić information content (AvgIpc) is 3.00. The molecule has 144 valence electrons. The number of carbonyl (C=O) groups is 1. The molecule has 0 aromatic heterocycles. The molecule has 3 aliphatic heterocycles. The standard InChI is InChI=1S/C20H27ClN2O2.ClH/c21-18-4-2-1-3-17(18)20(7-11-25-12-8-20)19(24)23-9-5-15-13-22-14-16(15)6-10-23;/h1-4,15-16,22H,5-14H2;1H/t15-,16+;. The van der Waals surface area contributed by atoms with E-state index in [4.69, 9.17) is 16.3 Å². The molecule has 3 aliphatic rings. The van der Waals surface area contributed by atoms with Crippen molar-refractivity contribution in [3.05, 3.63) is 34.9 Å². The van der Waals surface area contributed by atoms with Crippen LogP contribution < -0.4 is 5.32 Å². The fourth-order valence-corrected chi connectivity index (χ4v) is 5.21. The molecule has 1 aromatic carbocycles. The zero-order valence-corrected chi connectivity index (χ0v) is 16.7. The lowest BCUT2D eigenvalue weighted by atomic mass is 9.73. The summed E-state index contributed by atoms with van der Waals surface area (Å²) in [6.07, 6.45) is 3.66. The van der Waals surface area contributed by atoms with Crippen LogP contribution in [0.3, 0.4) is 0 Å². The van der Waals surface area contributed by atoms with E-state index in [2.05, 4.69) is 10.2 Å². The van der Waals surface area contributed by atoms with E-state index in [-0.39, 0.29) is 18.3 Å². The van der Waals surface area contributed by atoms with Gasteiger partial charge in [0.1, 0.15) is 0 Å². The first-order chi connectivity index (χ1) is 12.2. The third-order valence-corrected chi connectivity index (χ3v) is 6.78. The number of nitrogens with one attached hydrogen (secondary N) is 1. The summed E-state index contributed by atoms with van der Waals surface area (Å²) < 4.78 is 5.59. The number of rotatable bonds is 2. The lowest BCUT2D eigenvalue weighted by Crippen LogP contribution is -2.50. The van der Waals surface area contributed by atoms with Crippen LogP contribution in [-0.2, 0) is 14.9 Å². The van der Waals surface area contributed by atoms with Crippen molar-refractivity contribution >= 4 is 29.9 Å². The highest BCUT2D eigenvalue weighted by atomic mass is 35.5. The molecule has 6 heteroatoms. The Bertz CT molecular complexity index is 620. The van der Waals surface area contributed by atoms with E-state index < -0.39 is 5.41 Å². The number of halogens is 2. The maximum absolute atomic E-state index is 13.7. The third kappa shape index (κ3) is 3.62. The zero-order chi connectivity index (χ0) is 17.3. The van der Waals surface area contributed by atoms with Gasteiger partial charge in [0, 0.05) is 31.3 Å². The van der Waals surface area contributed by atoms with Crippen LogP contribution in [0.5, 0.6) is 0 Å². The number of ether oxygens (including phenoxy) is 1. The van der Waals surface area contributed by atoms with Gasteiger partial charge in [-0.3, -0.25) is 4.79 Å². The van der Waals surface area contributed by atoms with Gasteiger partial charge in [-0.25, -0.2) is 0 Å². The molecule has 0 aliphatic carbocycles. The van der Waals surface area contributed by atoms with E-state index in [9.17, 15) is 4.79 Å². The monoisotopic (exact) mass is 398 g/mol. The number of likely N-dealkylation sites (tertiary alicyclic amines) is 1. The summed E-state index contributed by atoms with van der Waals surface area (Å²) in [7, 11) is 0. The van der Waals surface area contributed by atoms with E-state index in [1.54, 1.807) is 0 Å². The Morgan fingerprint density at radius 3 is 2.35 bits per heavy atom. The van der Waals surface area contributed by atoms with Crippen molar-refractivity contribution in [2.75, 3.05) is 39.4 Å². The summed E-state index contributed by atoms with van der Waals surface area (Å²) in [5.41, 5.74) is 0.463. The number of benzene rings is 1. The minimum absolute atomic E-state index is 0. The highest BCUT2D eigenvalue weighted by Gasteiger charge is 2.46. The van der Waals surface area contributed by atoms with Crippen molar-refractivity contribution in [2.45, 2.75) is 31.1 Å². The van der Waals surface area contributed by atoms with E-state index in [0.29, 0.717) is 18.2 Å². The van der Waals surface area contributed by atoms with Gasteiger partial charge in [-0.2, -0.15) is 0 Å². The van der Waals surface area contributed by atoms with Crippen molar-refractivity contribution in [3.63, 3.8) is 0 Å². The smallest absolute Gasteiger partial charge is 0.233 e. The SMILES string of the molecule is Cl.O=C(N1CC[C@@H]2CNC[C@@H]2CC1)C1(c2ccccc2Cl)CCOCC1. The largest absolute Gasteiger partial charge is 0.381 e. The van der Waals surface area contributed by atoms with Gasteiger partial charge in [-0.15, -0.1) is 12.4 Å². The van der Waals surface area contributed by atoms with Crippen molar-refractivity contribution < 1.29 is 9.53 Å². The Labute approximate surface area is 167 Å². The van der Waals surface area contributed by atoms with Crippen LogP contribution in [0.1, 0.15) is 31.2 Å². The lowest BCUT2D eigenvalue weighted by molar-refractivity contribution is -0.141. The molecule has 3 saturated heterocycles. The normalized spacial score (nSPS) is 28.0. The first-order valence-electron chi connectivity index (χ1n) is 9.53. The molecule has 26 heavy (non-hydrogen) atoms. The Balaban J connectivity index is 0.00000196. The zero-order valence-electron chi connectivity index (χ0n) is 15.1. The maximum Gasteiger partial charge on any atom is 0.233 e. The van der Waals surface area contributed by atoms with E-state index in [0.717, 1.165) is 69.3 Å². The van der Waals surface area contributed by atoms with Crippen LogP contribution in [-0.4, -0.2) is 50.2 Å². The predicted molar refractivity (Wildman–Crippen MR) is 106 cm³/mol. The number of amides is 1. The summed E-state index contributed by atoms with van der Waals surface area (Å²) >= 11 is 6.52. The van der Waals surface area contributed by atoms with E-state index in [1.165, 1.54) is 0 Å². The predicted octanol–water partition coefficient (Wildman–Crippen LogP) is 3.27. The molecule has 2 atom stereocenters. The summed E-state index contributed by atoms with van der Waals surface area (Å²) in [4.78, 5) is 15.8. The number of hydrogen-bond donors (Lipinski definition) is 1. The first-order valence-corrected chi connectivity index (χ1v) is 9.91. The molecule has 4 rings (SSSR count). The number of fused-ring (bicyclic) bond motifs is 1. The summed E-state index contributed by atoms with van der Waals surface area (Å²) in [6, 6.07) is 7.86. The number of carbonyl (C=O) groups excluding carboxylic acids is 1. The molecule has 1 amide bonds. The molecular weight excluding hydrogens is 371 g/mol. The Hall–Kier alpha value is -0.810. The highest BCUT2D eigenvalue weighted by molar-refractivity contribution is 6.31. The van der Waals surface area contributed by atoms with Gasteiger partial charge in [0.25, 0.3) is 0 Å². The second-order valence-corrected chi connectivity index (χ2v) is 8.13. The molecule has 0 bridgehead atoms. The van der Waals surface area contributed by atoms with Crippen LogP contribution in [0.25, 0.3) is 0 Å². The minimum atomic E-state index is -0.520. The fraction of sp³-hybridized carbons (Fsp3) is 0.650. The number of hydrogen-bond acceptors (Lipinski definition) is 3. The molecule has 1 N–H and O–H groups in total. The van der Waals surface area contributed by atoms with Gasteiger partial charge in [0.05, 0.1) is 5.41 Å². The van der Waals surface area contributed by atoms with Crippen molar-refractivity contribution in [2.24, 2.45) is 11.8 Å². The van der Waals surface area contributed by atoms with Crippen LogP contribution in [0.2, 0.25) is 5.02 Å². The first kappa shape index (κ1) is 19.9. The Morgan fingerprint density at radius 2 is 1.73 bits per heavy atom. The van der Waals surface area contributed by atoms with Crippen LogP contribution in [0.4, 0.5) is 0 Å². The molecule has 0 spiro atoms. The fourth-order valence-electron chi connectivity index (χ4n) is 4.89.